The van der Waals surface area contributed by atoms with E-state index >= 15 is 0 Å². The predicted molar refractivity (Wildman–Crippen MR) is 110 cm³/mol. The highest BCUT2D eigenvalue weighted by Gasteiger charge is 2.09. The zero-order valence-corrected chi connectivity index (χ0v) is 16.6. The summed E-state index contributed by atoms with van der Waals surface area (Å²) in [5.74, 6) is 0.791. The molecular weight excluding hydrogens is 288 g/mol. The second kappa shape index (κ2) is 15.7. The van der Waals surface area contributed by atoms with Crippen molar-refractivity contribution in [3.63, 3.8) is 0 Å². The third-order valence-corrected chi connectivity index (χ3v) is 5.31. The van der Waals surface area contributed by atoms with Crippen LogP contribution >= 0.6 is 0 Å². The molecule has 0 bridgehead atoms. The lowest BCUT2D eigenvalue weighted by atomic mass is 9.89. The van der Waals surface area contributed by atoms with Gasteiger partial charge in [-0.3, -0.25) is 0 Å². The fourth-order valence-corrected chi connectivity index (χ4v) is 3.78. The Morgan fingerprint density at radius 1 is 0.542 bits per heavy atom. The SMILES string of the molecule is CCCCCCCCCCCCCCC(CCC)c1ccccc1. The number of hydrogen-bond acceptors (Lipinski definition) is 0. The largest absolute Gasteiger partial charge is 0.0654 e. The van der Waals surface area contributed by atoms with Crippen molar-refractivity contribution in [1.29, 1.82) is 0 Å². The van der Waals surface area contributed by atoms with E-state index in [9.17, 15) is 0 Å². The zero-order valence-electron chi connectivity index (χ0n) is 16.6. The molecule has 0 fully saturated rings. The first-order valence-corrected chi connectivity index (χ1v) is 10.9. The lowest BCUT2D eigenvalue weighted by Gasteiger charge is -2.16. The van der Waals surface area contributed by atoms with E-state index < -0.39 is 0 Å². The van der Waals surface area contributed by atoms with Gasteiger partial charge in [-0.2, -0.15) is 0 Å². The second-order valence-electron chi connectivity index (χ2n) is 7.57. The van der Waals surface area contributed by atoms with Crippen LogP contribution in [0.15, 0.2) is 30.3 Å². The summed E-state index contributed by atoms with van der Waals surface area (Å²) >= 11 is 0. The molecule has 1 unspecified atom stereocenters. The highest BCUT2D eigenvalue weighted by molar-refractivity contribution is 5.19. The monoisotopic (exact) mass is 330 g/mol. The summed E-state index contributed by atoms with van der Waals surface area (Å²) in [6.07, 6.45) is 21.4. The second-order valence-corrected chi connectivity index (χ2v) is 7.57. The molecule has 0 amide bonds. The van der Waals surface area contributed by atoms with Crippen LogP contribution in [-0.2, 0) is 0 Å². The van der Waals surface area contributed by atoms with E-state index in [2.05, 4.69) is 44.2 Å². The van der Waals surface area contributed by atoms with E-state index in [4.69, 9.17) is 0 Å². The van der Waals surface area contributed by atoms with Crippen molar-refractivity contribution < 1.29 is 0 Å². The topological polar surface area (TPSA) is 0 Å². The smallest absolute Gasteiger partial charge is 0.0162 e. The average Bonchev–Trinajstić information content (AvgIpc) is 2.62. The van der Waals surface area contributed by atoms with Gasteiger partial charge < -0.3 is 0 Å². The van der Waals surface area contributed by atoms with Crippen molar-refractivity contribution >= 4 is 0 Å². The van der Waals surface area contributed by atoms with Gasteiger partial charge in [-0.1, -0.05) is 128 Å². The van der Waals surface area contributed by atoms with Gasteiger partial charge in [0.15, 0.2) is 0 Å². The van der Waals surface area contributed by atoms with Crippen molar-refractivity contribution in [2.45, 2.75) is 116 Å². The first-order valence-electron chi connectivity index (χ1n) is 10.9. The molecule has 138 valence electrons. The molecule has 0 aliphatic heterocycles. The van der Waals surface area contributed by atoms with Gasteiger partial charge in [0.05, 0.1) is 0 Å². The molecule has 1 aromatic carbocycles. The van der Waals surface area contributed by atoms with E-state index in [-0.39, 0.29) is 0 Å². The highest BCUT2D eigenvalue weighted by Crippen LogP contribution is 2.27. The molecule has 0 nitrogen and oxygen atoms in total. The molecule has 1 rings (SSSR count). The molecule has 0 heterocycles. The lowest BCUT2D eigenvalue weighted by Crippen LogP contribution is -1.98. The molecule has 0 saturated carbocycles. The minimum atomic E-state index is 0.791. The van der Waals surface area contributed by atoms with Gasteiger partial charge in [0, 0.05) is 0 Å². The van der Waals surface area contributed by atoms with Crippen molar-refractivity contribution in [3.8, 4) is 0 Å². The van der Waals surface area contributed by atoms with Crippen molar-refractivity contribution in [3.05, 3.63) is 35.9 Å². The first kappa shape index (κ1) is 21.3. The van der Waals surface area contributed by atoms with E-state index in [0.29, 0.717) is 0 Å². The summed E-state index contributed by atoms with van der Waals surface area (Å²) in [6.45, 7) is 4.61. The minimum absolute atomic E-state index is 0.791. The molecule has 0 heteroatoms. The molecule has 1 aromatic rings. The van der Waals surface area contributed by atoms with Crippen molar-refractivity contribution in [2.24, 2.45) is 0 Å². The third kappa shape index (κ3) is 10.9. The maximum Gasteiger partial charge on any atom is -0.0162 e. The Balaban J connectivity index is 1.96. The van der Waals surface area contributed by atoms with E-state index in [1.54, 1.807) is 5.56 Å². The molecule has 1 atom stereocenters. The standard InChI is InChI=1S/C24H42/c1-3-5-6-7-8-9-10-11-12-13-14-16-20-23(19-4-2)24-21-17-15-18-22-24/h15,17-18,21-23H,3-14,16,19-20H2,1-2H3. The molecule has 0 N–H and O–H groups in total. The van der Waals surface area contributed by atoms with Crippen LogP contribution < -0.4 is 0 Å². The van der Waals surface area contributed by atoms with E-state index in [1.807, 2.05) is 0 Å². The molecule has 0 aliphatic rings. The molecule has 0 radical (unpaired) electrons. The molecule has 0 aromatic heterocycles. The number of benzene rings is 1. The summed E-state index contributed by atoms with van der Waals surface area (Å²) in [7, 11) is 0. The fourth-order valence-electron chi connectivity index (χ4n) is 3.78. The summed E-state index contributed by atoms with van der Waals surface area (Å²) in [6, 6.07) is 11.2. The number of rotatable bonds is 16. The summed E-state index contributed by atoms with van der Waals surface area (Å²) in [5.41, 5.74) is 1.56. The van der Waals surface area contributed by atoms with Gasteiger partial charge in [0.25, 0.3) is 0 Å². The van der Waals surface area contributed by atoms with Gasteiger partial charge in [-0.25, -0.2) is 0 Å². The summed E-state index contributed by atoms with van der Waals surface area (Å²) in [4.78, 5) is 0. The van der Waals surface area contributed by atoms with E-state index in [0.717, 1.165) is 5.92 Å². The average molecular weight is 331 g/mol. The predicted octanol–water partition coefficient (Wildman–Crippen LogP) is 8.66. The van der Waals surface area contributed by atoms with Crippen LogP contribution in [0, 0.1) is 0 Å². The molecular formula is C24H42. The van der Waals surface area contributed by atoms with Gasteiger partial charge in [0.1, 0.15) is 0 Å². The number of unbranched alkanes of at least 4 members (excludes halogenated alkanes) is 11. The third-order valence-electron chi connectivity index (χ3n) is 5.31. The maximum atomic E-state index is 2.32. The van der Waals surface area contributed by atoms with Gasteiger partial charge in [-0.15, -0.1) is 0 Å². The maximum absolute atomic E-state index is 2.32. The Kier molecular flexibility index (Phi) is 13.9. The van der Waals surface area contributed by atoms with Crippen LogP contribution in [0.2, 0.25) is 0 Å². The lowest BCUT2D eigenvalue weighted by molar-refractivity contribution is 0.503. The Labute approximate surface area is 152 Å². The minimum Gasteiger partial charge on any atom is -0.0654 e. The van der Waals surface area contributed by atoms with Crippen LogP contribution in [-0.4, -0.2) is 0 Å². The fraction of sp³-hybridized carbons (Fsp3) is 0.750. The van der Waals surface area contributed by atoms with Gasteiger partial charge in [-0.05, 0) is 24.3 Å². The number of hydrogen-bond donors (Lipinski definition) is 0. The molecule has 24 heavy (non-hydrogen) atoms. The Morgan fingerprint density at radius 2 is 1.04 bits per heavy atom. The summed E-state index contributed by atoms with van der Waals surface area (Å²) in [5, 5.41) is 0. The van der Waals surface area contributed by atoms with Gasteiger partial charge >= 0.3 is 0 Å². The Hall–Kier alpha value is -0.780. The normalized spacial score (nSPS) is 12.4. The molecule has 0 spiro atoms. The zero-order chi connectivity index (χ0) is 17.3. The van der Waals surface area contributed by atoms with Crippen molar-refractivity contribution in [2.75, 3.05) is 0 Å². The van der Waals surface area contributed by atoms with Gasteiger partial charge in [0.2, 0.25) is 0 Å². The van der Waals surface area contributed by atoms with Crippen molar-refractivity contribution in [1.82, 2.24) is 0 Å². The van der Waals surface area contributed by atoms with Crippen LogP contribution in [0.1, 0.15) is 122 Å². The van der Waals surface area contributed by atoms with E-state index in [1.165, 1.54) is 96.3 Å². The van der Waals surface area contributed by atoms with Crippen LogP contribution in [0.4, 0.5) is 0 Å². The summed E-state index contributed by atoms with van der Waals surface area (Å²) < 4.78 is 0. The van der Waals surface area contributed by atoms with Crippen LogP contribution in [0.25, 0.3) is 0 Å². The van der Waals surface area contributed by atoms with Crippen LogP contribution in [0.5, 0.6) is 0 Å². The molecule has 0 saturated heterocycles. The highest BCUT2D eigenvalue weighted by atomic mass is 14.1. The Morgan fingerprint density at radius 3 is 1.54 bits per heavy atom. The quantitative estimate of drug-likeness (QED) is 0.266. The molecule has 0 aliphatic carbocycles. The first-order chi connectivity index (χ1) is 11.9. The van der Waals surface area contributed by atoms with Crippen LogP contribution in [0.3, 0.4) is 0 Å². The Bertz CT molecular complexity index is 354.